The smallest absolute Gasteiger partial charge is 0.265 e. The van der Waals surface area contributed by atoms with Crippen LogP contribution in [0.2, 0.25) is 0 Å². The molecule has 152 valence electrons. The lowest BCUT2D eigenvalue weighted by Gasteiger charge is -2.33. The zero-order chi connectivity index (χ0) is 20.2. The van der Waals surface area contributed by atoms with E-state index in [1.54, 1.807) is 17.0 Å². The summed E-state index contributed by atoms with van der Waals surface area (Å²) in [6, 6.07) is 12.7. The molecule has 7 heteroatoms. The molecular weight excluding hydrogens is 434 g/mol. The second-order valence-electron chi connectivity index (χ2n) is 7.35. The average molecular weight is 458 g/mol. The van der Waals surface area contributed by atoms with Gasteiger partial charge >= 0.3 is 0 Å². The number of hydrogen-bond acceptors (Lipinski definition) is 4. The lowest BCUT2D eigenvalue weighted by molar-refractivity contribution is -0.121. The van der Waals surface area contributed by atoms with Crippen molar-refractivity contribution in [3.8, 4) is 5.75 Å². The Morgan fingerprint density at radius 2 is 1.86 bits per heavy atom. The van der Waals surface area contributed by atoms with Crippen molar-refractivity contribution in [3.63, 3.8) is 0 Å². The molecule has 2 heterocycles. The van der Waals surface area contributed by atoms with Gasteiger partial charge in [0, 0.05) is 23.2 Å². The van der Waals surface area contributed by atoms with Gasteiger partial charge in [0.25, 0.3) is 11.8 Å². The molecule has 1 N–H and O–H groups in total. The Hall–Kier alpha value is -2.38. The largest absolute Gasteiger partial charge is 0.482 e. The van der Waals surface area contributed by atoms with Crippen LogP contribution in [0.4, 0.5) is 11.4 Å². The third-order valence-electron chi connectivity index (χ3n) is 5.37. The van der Waals surface area contributed by atoms with Crippen LogP contribution >= 0.6 is 15.9 Å². The number of carbonyl (C=O) groups excluding carboxylic acids is 2. The number of nitrogens with zero attached hydrogens (tertiary/aromatic N) is 2. The van der Waals surface area contributed by atoms with Crippen LogP contribution in [0.1, 0.15) is 29.6 Å². The van der Waals surface area contributed by atoms with Gasteiger partial charge in [-0.15, -0.1) is 0 Å². The lowest BCUT2D eigenvalue weighted by atomic mass is 10.1. The Labute approximate surface area is 178 Å². The number of benzene rings is 2. The number of likely N-dealkylation sites (tertiary alicyclic amines) is 1. The monoisotopic (exact) mass is 457 g/mol. The number of amides is 2. The molecular formula is C22H24BrN3O3. The van der Waals surface area contributed by atoms with Gasteiger partial charge in [0.1, 0.15) is 5.75 Å². The number of rotatable bonds is 5. The molecule has 6 nitrogen and oxygen atoms in total. The van der Waals surface area contributed by atoms with Crippen molar-refractivity contribution >= 4 is 39.1 Å². The number of hydrogen-bond donors (Lipinski definition) is 1. The number of nitrogens with one attached hydrogen (secondary N) is 1. The summed E-state index contributed by atoms with van der Waals surface area (Å²) in [5, 5.41) is 2.92. The Morgan fingerprint density at radius 3 is 2.66 bits per heavy atom. The molecule has 1 fully saturated rings. The molecule has 0 unspecified atom stereocenters. The normalized spacial score (nSPS) is 16.9. The first-order valence-electron chi connectivity index (χ1n) is 9.97. The molecule has 2 aliphatic rings. The van der Waals surface area contributed by atoms with E-state index in [0.717, 1.165) is 24.1 Å². The molecule has 2 amide bonds. The predicted octanol–water partition coefficient (Wildman–Crippen LogP) is 3.91. The molecule has 0 spiro atoms. The third-order valence-corrected chi connectivity index (χ3v) is 6.06. The summed E-state index contributed by atoms with van der Waals surface area (Å²) in [6.07, 6.45) is 3.73. The zero-order valence-corrected chi connectivity index (χ0v) is 17.8. The van der Waals surface area contributed by atoms with Crippen molar-refractivity contribution in [2.45, 2.75) is 19.3 Å². The van der Waals surface area contributed by atoms with E-state index in [4.69, 9.17) is 4.74 Å². The van der Waals surface area contributed by atoms with E-state index >= 15 is 0 Å². The summed E-state index contributed by atoms with van der Waals surface area (Å²) >= 11 is 3.41. The number of anilines is 2. The molecule has 1 saturated heterocycles. The van der Waals surface area contributed by atoms with E-state index in [2.05, 4.69) is 26.1 Å². The molecule has 0 radical (unpaired) electrons. The fourth-order valence-corrected chi connectivity index (χ4v) is 4.26. The minimum Gasteiger partial charge on any atom is -0.482 e. The van der Waals surface area contributed by atoms with Crippen molar-refractivity contribution in [1.82, 2.24) is 4.90 Å². The van der Waals surface area contributed by atoms with Crippen LogP contribution in [0.3, 0.4) is 0 Å². The second-order valence-corrected chi connectivity index (χ2v) is 8.21. The standard InChI is InChI=1S/C22H24BrN3O3/c23-18-7-3-2-6-17(18)22(28)24-16-8-9-20-19(14-16)26(21(27)15-29-20)13-12-25-10-4-1-5-11-25/h2-3,6-9,14H,1,4-5,10-13,15H2,(H,24,28). The Kier molecular flexibility index (Phi) is 6.16. The molecule has 0 aliphatic carbocycles. The zero-order valence-electron chi connectivity index (χ0n) is 16.2. The molecule has 2 aliphatic heterocycles. The van der Waals surface area contributed by atoms with Crippen molar-refractivity contribution < 1.29 is 14.3 Å². The number of halogens is 1. The molecule has 0 atom stereocenters. The highest BCUT2D eigenvalue weighted by Gasteiger charge is 2.26. The number of carbonyl (C=O) groups is 2. The summed E-state index contributed by atoms with van der Waals surface area (Å²) in [5.74, 6) is 0.409. The Bertz CT molecular complexity index is 912. The van der Waals surface area contributed by atoms with E-state index in [1.807, 2.05) is 30.3 Å². The maximum atomic E-state index is 12.6. The van der Waals surface area contributed by atoms with Gasteiger partial charge in [-0.1, -0.05) is 18.6 Å². The molecule has 4 rings (SSSR count). The first-order valence-corrected chi connectivity index (χ1v) is 10.8. The van der Waals surface area contributed by atoms with Gasteiger partial charge in [-0.2, -0.15) is 0 Å². The Balaban J connectivity index is 1.50. The number of piperidine rings is 1. The molecule has 0 bridgehead atoms. The van der Waals surface area contributed by atoms with Crippen LogP contribution in [0, 0.1) is 0 Å². The molecule has 29 heavy (non-hydrogen) atoms. The summed E-state index contributed by atoms with van der Waals surface area (Å²) in [6.45, 7) is 3.70. The minimum absolute atomic E-state index is 0.0513. The molecule has 2 aromatic carbocycles. The lowest BCUT2D eigenvalue weighted by Crippen LogP contribution is -2.44. The first kappa shape index (κ1) is 19.9. The number of ether oxygens (including phenoxy) is 1. The van der Waals surface area contributed by atoms with Gasteiger partial charge in [0.2, 0.25) is 0 Å². The van der Waals surface area contributed by atoms with Crippen LogP contribution in [-0.4, -0.2) is 49.5 Å². The maximum Gasteiger partial charge on any atom is 0.265 e. The summed E-state index contributed by atoms with van der Waals surface area (Å²) < 4.78 is 6.33. The fourth-order valence-electron chi connectivity index (χ4n) is 3.79. The molecule has 0 saturated carbocycles. The third kappa shape index (κ3) is 4.62. The van der Waals surface area contributed by atoms with Crippen molar-refractivity contribution in [2.24, 2.45) is 0 Å². The second kappa shape index (κ2) is 8.97. The molecule has 2 aromatic rings. The number of fused-ring (bicyclic) bond motifs is 1. The summed E-state index contributed by atoms with van der Waals surface area (Å²) in [7, 11) is 0. The highest BCUT2D eigenvalue weighted by molar-refractivity contribution is 9.10. The van der Waals surface area contributed by atoms with Crippen molar-refractivity contribution in [2.75, 3.05) is 43.0 Å². The van der Waals surface area contributed by atoms with Crippen LogP contribution in [0.25, 0.3) is 0 Å². The minimum atomic E-state index is -0.208. The van der Waals surface area contributed by atoms with Gasteiger partial charge in [-0.05, 0) is 72.2 Å². The summed E-state index contributed by atoms with van der Waals surface area (Å²) in [4.78, 5) is 29.3. The van der Waals surface area contributed by atoms with Crippen molar-refractivity contribution in [1.29, 1.82) is 0 Å². The van der Waals surface area contributed by atoms with E-state index in [9.17, 15) is 9.59 Å². The van der Waals surface area contributed by atoms with Crippen LogP contribution in [0.5, 0.6) is 5.75 Å². The highest BCUT2D eigenvalue weighted by atomic mass is 79.9. The van der Waals surface area contributed by atoms with Gasteiger partial charge < -0.3 is 19.9 Å². The maximum absolute atomic E-state index is 12.6. The summed E-state index contributed by atoms with van der Waals surface area (Å²) in [5.41, 5.74) is 1.90. The van der Waals surface area contributed by atoms with Gasteiger partial charge in [-0.25, -0.2) is 0 Å². The van der Waals surface area contributed by atoms with Crippen LogP contribution < -0.4 is 15.0 Å². The molecule has 0 aromatic heterocycles. The SMILES string of the molecule is O=C(Nc1ccc2c(c1)N(CCN1CCCCC1)C(=O)CO2)c1ccccc1Br. The van der Waals surface area contributed by atoms with E-state index < -0.39 is 0 Å². The predicted molar refractivity (Wildman–Crippen MR) is 117 cm³/mol. The van der Waals surface area contributed by atoms with Gasteiger partial charge in [0.15, 0.2) is 6.61 Å². The topological polar surface area (TPSA) is 61.9 Å². The van der Waals surface area contributed by atoms with Gasteiger partial charge in [0.05, 0.1) is 11.3 Å². The quantitative estimate of drug-likeness (QED) is 0.738. The van der Waals surface area contributed by atoms with Crippen molar-refractivity contribution in [3.05, 3.63) is 52.5 Å². The fraction of sp³-hybridized carbons (Fsp3) is 0.364. The van der Waals surface area contributed by atoms with E-state index in [-0.39, 0.29) is 18.4 Å². The average Bonchev–Trinajstić information content (AvgIpc) is 2.74. The van der Waals surface area contributed by atoms with E-state index in [0.29, 0.717) is 29.2 Å². The van der Waals surface area contributed by atoms with E-state index in [1.165, 1.54) is 19.3 Å². The first-order chi connectivity index (χ1) is 14.1. The van der Waals surface area contributed by atoms with Crippen LogP contribution in [0.15, 0.2) is 46.9 Å². The van der Waals surface area contributed by atoms with Crippen LogP contribution in [-0.2, 0) is 4.79 Å². The Morgan fingerprint density at radius 1 is 1.07 bits per heavy atom. The highest BCUT2D eigenvalue weighted by Crippen LogP contribution is 2.35. The van der Waals surface area contributed by atoms with Gasteiger partial charge in [-0.3, -0.25) is 9.59 Å².